The van der Waals surface area contributed by atoms with Gasteiger partial charge in [-0.05, 0) is 48.9 Å². The van der Waals surface area contributed by atoms with Gasteiger partial charge in [-0.3, -0.25) is 5.10 Å². The van der Waals surface area contributed by atoms with Crippen LogP contribution in [0.3, 0.4) is 0 Å². The minimum Gasteiger partial charge on any atom is -0.396 e. The average molecular weight is 397 g/mol. The van der Waals surface area contributed by atoms with Crippen molar-refractivity contribution < 1.29 is 9.90 Å². The van der Waals surface area contributed by atoms with E-state index in [1.807, 2.05) is 12.3 Å². The van der Waals surface area contributed by atoms with Crippen LogP contribution in [0.1, 0.15) is 29.7 Å². The van der Waals surface area contributed by atoms with Gasteiger partial charge < -0.3 is 15.3 Å². The van der Waals surface area contributed by atoms with E-state index in [2.05, 4.69) is 15.5 Å². The molecule has 0 saturated heterocycles. The Bertz CT molecular complexity index is 765. The molecule has 1 aromatic carbocycles. The van der Waals surface area contributed by atoms with E-state index in [1.165, 1.54) is 0 Å². The van der Waals surface area contributed by atoms with Crippen LogP contribution in [0.25, 0.3) is 0 Å². The quantitative estimate of drug-likeness (QED) is 0.701. The van der Waals surface area contributed by atoms with Crippen molar-refractivity contribution in [1.82, 2.24) is 20.4 Å². The van der Waals surface area contributed by atoms with Gasteiger partial charge in [0.25, 0.3) is 0 Å². The summed E-state index contributed by atoms with van der Waals surface area (Å²) < 4.78 is 0. The molecular formula is C18H22Cl2N4O2. The number of aliphatic hydroxyl groups is 1. The standard InChI is InChI=1S/C18H22Cl2N4O2/c19-15-4-2-12(8-16(15)20)11-24(6-1-7-25)18(26)22-14-3-5-17-13(9-14)10-21-23-17/h2,4,8,10,14,25H,1,3,5-7,9,11H2,(H,21,23)(H,22,26). The van der Waals surface area contributed by atoms with Crippen molar-refractivity contribution in [3.05, 3.63) is 51.3 Å². The van der Waals surface area contributed by atoms with E-state index in [-0.39, 0.29) is 18.7 Å². The molecule has 0 spiro atoms. The Morgan fingerprint density at radius 3 is 3.00 bits per heavy atom. The van der Waals surface area contributed by atoms with E-state index in [0.717, 1.165) is 36.1 Å². The van der Waals surface area contributed by atoms with E-state index in [1.54, 1.807) is 17.0 Å². The SMILES string of the molecule is O=C(NC1CCc2[nH]ncc2C1)N(CCCO)Cc1ccc(Cl)c(Cl)c1. The molecule has 1 heterocycles. The molecule has 3 N–H and O–H groups in total. The van der Waals surface area contributed by atoms with Gasteiger partial charge in [0.15, 0.2) is 0 Å². The number of aryl methyl sites for hydroxylation is 1. The Labute approximate surface area is 162 Å². The lowest BCUT2D eigenvalue weighted by Gasteiger charge is -2.28. The number of carbonyl (C=O) groups excluding carboxylic acids is 1. The predicted octanol–water partition coefficient (Wildman–Crippen LogP) is 3.17. The number of halogens is 2. The fourth-order valence-electron chi connectivity index (χ4n) is 3.18. The maximum absolute atomic E-state index is 12.8. The van der Waals surface area contributed by atoms with Crippen LogP contribution in [0.2, 0.25) is 10.0 Å². The first-order chi connectivity index (χ1) is 12.6. The van der Waals surface area contributed by atoms with Gasteiger partial charge in [0.2, 0.25) is 0 Å². The molecule has 1 unspecified atom stereocenters. The maximum atomic E-state index is 12.8. The molecule has 0 fully saturated rings. The monoisotopic (exact) mass is 396 g/mol. The number of fused-ring (bicyclic) bond motifs is 1. The summed E-state index contributed by atoms with van der Waals surface area (Å²) in [5.74, 6) is 0. The molecule has 140 valence electrons. The zero-order chi connectivity index (χ0) is 18.5. The smallest absolute Gasteiger partial charge is 0.317 e. The van der Waals surface area contributed by atoms with Gasteiger partial charge in [-0.15, -0.1) is 0 Å². The first-order valence-electron chi connectivity index (χ1n) is 8.68. The van der Waals surface area contributed by atoms with Crippen LogP contribution in [0, 0.1) is 0 Å². The summed E-state index contributed by atoms with van der Waals surface area (Å²) in [6.45, 7) is 0.908. The summed E-state index contributed by atoms with van der Waals surface area (Å²) in [6, 6.07) is 5.29. The molecule has 0 aliphatic heterocycles. The Morgan fingerprint density at radius 2 is 2.23 bits per heavy atom. The number of aromatic amines is 1. The number of H-pyrrole nitrogens is 1. The molecule has 3 rings (SSSR count). The van der Waals surface area contributed by atoms with Crippen molar-refractivity contribution in [2.45, 2.75) is 38.3 Å². The molecular weight excluding hydrogens is 375 g/mol. The van der Waals surface area contributed by atoms with Gasteiger partial charge >= 0.3 is 6.03 Å². The summed E-state index contributed by atoms with van der Waals surface area (Å²) >= 11 is 12.0. The van der Waals surface area contributed by atoms with Crippen LogP contribution in [-0.2, 0) is 19.4 Å². The summed E-state index contributed by atoms with van der Waals surface area (Å²) in [5.41, 5.74) is 3.21. The summed E-state index contributed by atoms with van der Waals surface area (Å²) in [5, 5.41) is 20.3. The van der Waals surface area contributed by atoms with E-state index < -0.39 is 0 Å². The van der Waals surface area contributed by atoms with Gasteiger partial charge in [-0.25, -0.2) is 4.79 Å². The number of hydrogen-bond donors (Lipinski definition) is 3. The number of nitrogens with zero attached hydrogens (tertiary/aromatic N) is 2. The fourth-order valence-corrected chi connectivity index (χ4v) is 3.50. The number of aliphatic hydroxyl groups excluding tert-OH is 1. The van der Waals surface area contributed by atoms with Gasteiger partial charge in [0.05, 0.1) is 16.2 Å². The van der Waals surface area contributed by atoms with E-state index in [9.17, 15) is 4.79 Å². The minimum absolute atomic E-state index is 0.0347. The molecule has 6 nitrogen and oxygen atoms in total. The van der Waals surface area contributed by atoms with Crippen LogP contribution in [-0.4, -0.2) is 45.4 Å². The number of carbonyl (C=O) groups is 1. The highest BCUT2D eigenvalue weighted by Crippen LogP contribution is 2.24. The number of rotatable bonds is 6. The zero-order valence-electron chi connectivity index (χ0n) is 14.3. The molecule has 1 aliphatic carbocycles. The lowest BCUT2D eigenvalue weighted by molar-refractivity contribution is 0.181. The highest BCUT2D eigenvalue weighted by molar-refractivity contribution is 6.42. The number of aromatic nitrogens is 2. The van der Waals surface area contributed by atoms with Crippen molar-refractivity contribution in [3.63, 3.8) is 0 Å². The van der Waals surface area contributed by atoms with E-state index >= 15 is 0 Å². The van der Waals surface area contributed by atoms with Gasteiger partial charge in [0, 0.05) is 31.4 Å². The second kappa shape index (κ2) is 8.75. The lowest BCUT2D eigenvalue weighted by Crippen LogP contribution is -2.46. The van der Waals surface area contributed by atoms with Gasteiger partial charge in [-0.2, -0.15) is 5.10 Å². The van der Waals surface area contributed by atoms with Crippen molar-refractivity contribution in [2.75, 3.05) is 13.2 Å². The number of urea groups is 1. The molecule has 8 heteroatoms. The number of nitrogens with one attached hydrogen (secondary N) is 2. The van der Waals surface area contributed by atoms with Crippen molar-refractivity contribution >= 4 is 29.2 Å². The highest BCUT2D eigenvalue weighted by Gasteiger charge is 2.23. The fraction of sp³-hybridized carbons (Fsp3) is 0.444. The lowest BCUT2D eigenvalue weighted by atomic mass is 9.94. The van der Waals surface area contributed by atoms with Crippen molar-refractivity contribution in [2.24, 2.45) is 0 Å². The molecule has 1 aromatic heterocycles. The molecule has 0 bridgehead atoms. The van der Waals surface area contributed by atoms with Crippen molar-refractivity contribution in [3.8, 4) is 0 Å². The van der Waals surface area contributed by atoms with Crippen LogP contribution < -0.4 is 5.32 Å². The van der Waals surface area contributed by atoms with Crippen LogP contribution in [0.4, 0.5) is 4.79 Å². The summed E-state index contributed by atoms with van der Waals surface area (Å²) in [6.07, 6.45) is 4.88. The third kappa shape index (κ3) is 4.69. The topological polar surface area (TPSA) is 81.2 Å². The first-order valence-corrected chi connectivity index (χ1v) is 9.43. The number of hydrogen-bond acceptors (Lipinski definition) is 3. The zero-order valence-corrected chi connectivity index (χ0v) is 15.9. The molecule has 0 radical (unpaired) electrons. The normalized spacial score (nSPS) is 16.2. The average Bonchev–Trinajstić information content (AvgIpc) is 3.09. The van der Waals surface area contributed by atoms with Gasteiger partial charge in [0.1, 0.15) is 0 Å². The molecule has 2 amide bonds. The summed E-state index contributed by atoms with van der Waals surface area (Å²) in [7, 11) is 0. The third-order valence-corrected chi connectivity index (χ3v) is 5.31. The largest absolute Gasteiger partial charge is 0.396 e. The molecule has 0 saturated carbocycles. The highest BCUT2D eigenvalue weighted by atomic mass is 35.5. The third-order valence-electron chi connectivity index (χ3n) is 4.58. The Balaban J connectivity index is 1.64. The molecule has 26 heavy (non-hydrogen) atoms. The first kappa shape index (κ1) is 19.0. The van der Waals surface area contributed by atoms with E-state index in [4.69, 9.17) is 28.3 Å². The Hall–Kier alpha value is -1.76. The molecule has 1 atom stereocenters. The predicted molar refractivity (Wildman–Crippen MR) is 102 cm³/mol. The van der Waals surface area contributed by atoms with Crippen LogP contribution in [0.15, 0.2) is 24.4 Å². The van der Waals surface area contributed by atoms with E-state index in [0.29, 0.717) is 29.6 Å². The Kier molecular flexibility index (Phi) is 6.40. The molecule has 1 aliphatic rings. The second-order valence-electron chi connectivity index (χ2n) is 6.51. The summed E-state index contributed by atoms with van der Waals surface area (Å²) in [4.78, 5) is 14.5. The number of amides is 2. The minimum atomic E-state index is -0.138. The van der Waals surface area contributed by atoms with Gasteiger partial charge in [-0.1, -0.05) is 29.3 Å². The van der Waals surface area contributed by atoms with Crippen LogP contribution >= 0.6 is 23.2 Å². The second-order valence-corrected chi connectivity index (χ2v) is 7.32. The maximum Gasteiger partial charge on any atom is 0.317 e. The molecule has 2 aromatic rings. The Morgan fingerprint density at radius 1 is 1.38 bits per heavy atom. The number of benzene rings is 1. The van der Waals surface area contributed by atoms with Crippen molar-refractivity contribution in [1.29, 1.82) is 0 Å². The van der Waals surface area contributed by atoms with Crippen LogP contribution in [0.5, 0.6) is 0 Å².